The largest absolute Gasteiger partial charge is 0.397 e. The zero-order valence-corrected chi connectivity index (χ0v) is 11.8. The molecule has 0 bridgehead atoms. The number of hydrogen-bond acceptors (Lipinski definition) is 4. The zero-order chi connectivity index (χ0) is 14.0. The summed E-state index contributed by atoms with van der Waals surface area (Å²) in [7, 11) is -3.69. The molecule has 18 heavy (non-hydrogen) atoms. The Bertz CT molecular complexity index is 529. The first kappa shape index (κ1) is 15.2. The minimum absolute atomic E-state index is 0.0244. The summed E-state index contributed by atoms with van der Waals surface area (Å²) < 4.78 is 26.2. The van der Waals surface area contributed by atoms with Crippen LogP contribution in [0.5, 0.6) is 0 Å². The van der Waals surface area contributed by atoms with Gasteiger partial charge in [0.15, 0.2) is 0 Å². The third kappa shape index (κ3) is 3.84. The number of sulfonamides is 1. The van der Waals surface area contributed by atoms with Gasteiger partial charge in [-0.15, -0.1) is 0 Å². The average Bonchev–Trinajstić information content (AvgIpc) is 2.30. The second-order valence-corrected chi connectivity index (χ2v) is 6.53. The van der Waals surface area contributed by atoms with Gasteiger partial charge < -0.3 is 10.8 Å². The molecule has 4 N–H and O–H groups in total. The highest BCUT2D eigenvalue weighted by Crippen LogP contribution is 2.22. The van der Waals surface area contributed by atoms with Crippen molar-refractivity contribution >= 4 is 27.3 Å². The molecule has 0 radical (unpaired) electrons. The Morgan fingerprint density at radius 3 is 2.61 bits per heavy atom. The van der Waals surface area contributed by atoms with Gasteiger partial charge in [0.25, 0.3) is 0 Å². The number of anilines is 1. The average molecular weight is 293 g/mol. The van der Waals surface area contributed by atoms with Gasteiger partial charge in [0.05, 0.1) is 21.2 Å². The van der Waals surface area contributed by atoms with E-state index in [0.29, 0.717) is 11.4 Å². The van der Waals surface area contributed by atoms with Crippen LogP contribution in [0.1, 0.15) is 20.3 Å². The SMILES string of the molecule is CCC(C)(O)CNS(=O)(=O)c1ccc(Cl)c(N)c1. The molecular formula is C11H17ClN2O3S. The van der Waals surface area contributed by atoms with Crippen LogP contribution in [0.3, 0.4) is 0 Å². The van der Waals surface area contributed by atoms with Crippen LogP contribution in [0.25, 0.3) is 0 Å². The molecule has 1 rings (SSSR count). The summed E-state index contributed by atoms with van der Waals surface area (Å²) in [6.07, 6.45) is 0.443. The van der Waals surface area contributed by atoms with E-state index in [1.807, 2.05) is 0 Å². The normalized spacial score (nSPS) is 15.3. The van der Waals surface area contributed by atoms with E-state index in [1.165, 1.54) is 18.2 Å². The van der Waals surface area contributed by atoms with E-state index in [9.17, 15) is 13.5 Å². The highest BCUT2D eigenvalue weighted by molar-refractivity contribution is 7.89. The van der Waals surface area contributed by atoms with Crippen molar-refractivity contribution in [2.24, 2.45) is 0 Å². The minimum atomic E-state index is -3.69. The lowest BCUT2D eigenvalue weighted by molar-refractivity contribution is 0.0613. The fraction of sp³-hybridized carbons (Fsp3) is 0.455. The standard InChI is InChI=1S/C11H17ClN2O3S/c1-3-11(2,15)7-14-18(16,17)8-4-5-9(12)10(13)6-8/h4-6,14-15H,3,7,13H2,1-2H3. The van der Waals surface area contributed by atoms with Crippen molar-refractivity contribution in [3.8, 4) is 0 Å². The van der Waals surface area contributed by atoms with Gasteiger partial charge in [-0.2, -0.15) is 0 Å². The number of hydrogen-bond donors (Lipinski definition) is 3. The van der Waals surface area contributed by atoms with Crippen LogP contribution >= 0.6 is 11.6 Å². The summed E-state index contributed by atoms with van der Waals surface area (Å²) in [5.41, 5.74) is 4.67. The predicted molar refractivity (Wildman–Crippen MR) is 72.0 cm³/mol. The second-order valence-electron chi connectivity index (χ2n) is 4.36. The molecule has 102 valence electrons. The summed E-state index contributed by atoms with van der Waals surface area (Å²) in [5.74, 6) is 0. The molecule has 1 unspecified atom stereocenters. The third-order valence-electron chi connectivity index (χ3n) is 2.68. The van der Waals surface area contributed by atoms with Gasteiger partial charge in [-0.1, -0.05) is 18.5 Å². The van der Waals surface area contributed by atoms with E-state index >= 15 is 0 Å². The lowest BCUT2D eigenvalue weighted by Gasteiger charge is -2.21. The molecule has 0 aromatic heterocycles. The van der Waals surface area contributed by atoms with Crippen molar-refractivity contribution in [3.05, 3.63) is 23.2 Å². The monoisotopic (exact) mass is 292 g/mol. The molecule has 5 nitrogen and oxygen atoms in total. The number of nitrogen functional groups attached to an aromatic ring is 1. The first-order valence-electron chi connectivity index (χ1n) is 5.45. The maximum atomic E-state index is 11.9. The van der Waals surface area contributed by atoms with Crippen LogP contribution in [-0.2, 0) is 10.0 Å². The molecule has 0 spiro atoms. The maximum Gasteiger partial charge on any atom is 0.240 e. The fourth-order valence-electron chi connectivity index (χ4n) is 1.15. The van der Waals surface area contributed by atoms with Crippen LogP contribution in [-0.4, -0.2) is 25.7 Å². The summed E-state index contributed by atoms with van der Waals surface area (Å²) in [5, 5.41) is 10.1. The van der Waals surface area contributed by atoms with Crippen LogP contribution < -0.4 is 10.5 Å². The Kier molecular flexibility index (Phi) is 4.61. The molecule has 0 saturated carbocycles. The Hall–Kier alpha value is -0.820. The summed E-state index contributed by atoms with van der Waals surface area (Å²) in [4.78, 5) is 0.0244. The smallest absolute Gasteiger partial charge is 0.240 e. The molecule has 0 fully saturated rings. The molecule has 0 saturated heterocycles. The number of halogens is 1. The van der Waals surface area contributed by atoms with E-state index in [0.717, 1.165) is 0 Å². The Balaban J connectivity index is 2.90. The van der Waals surface area contributed by atoms with Crippen molar-refractivity contribution in [2.45, 2.75) is 30.8 Å². The summed E-state index contributed by atoms with van der Waals surface area (Å²) in [6.45, 7) is 3.27. The lowest BCUT2D eigenvalue weighted by Crippen LogP contribution is -2.40. The molecule has 1 aromatic rings. The zero-order valence-electron chi connectivity index (χ0n) is 10.3. The first-order chi connectivity index (χ1) is 8.18. The first-order valence-corrected chi connectivity index (χ1v) is 7.31. The van der Waals surface area contributed by atoms with Gasteiger partial charge >= 0.3 is 0 Å². The summed E-state index contributed by atoms with van der Waals surface area (Å²) in [6, 6.07) is 4.07. The Labute approximate surface area is 112 Å². The number of benzene rings is 1. The topological polar surface area (TPSA) is 92.4 Å². The number of rotatable bonds is 5. The number of nitrogens with two attached hydrogens (primary N) is 1. The lowest BCUT2D eigenvalue weighted by atomic mass is 10.1. The molecule has 0 aliphatic heterocycles. The molecule has 1 aromatic carbocycles. The molecule has 1 atom stereocenters. The van der Waals surface area contributed by atoms with Gasteiger partial charge in [-0.05, 0) is 31.5 Å². The molecule has 0 heterocycles. The van der Waals surface area contributed by atoms with E-state index < -0.39 is 15.6 Å². The van der Waals surface area contributed by atoms with Crippen LogP contribution in [0.2, 0.25) is 5.02 Å². The second kappa shape index (κ2) is 5.44. The van der Waals surface area contributed by atoms with Gasteiger partial charge in [0.1, 0.15) is 0 Å². The van der Waals surface area contributed by atoms with Crippen molar-refractivity contribution in [1.29, 1.82) is 0 Å². The van der Waals surface area contributed by atoms with Gasteiger partial charge in [-0.3, -0.25) is 0 Å². The quantitative estimate of drug-likeness (QED) is 0.715. The third-order valence-corrected chi connectivity index (χ3v) is 4.43. The predicted octanol–water partition coefficient (Wildman–Crippen LogP) is 1.36. The maximum absolute atomic E-state index is 11.9. The van der Waals surface area contributed by atoms with E-state index in [2.05, 4.69) is 4.72 Å². The molecule has 0 aliphatic carbocycles. The molecular weight excluding hydrogens is 276 g/mol. The fourth-order valence-corrected chi connectivity index (χ4v) is 2.46. The van der Waals surface area contributed by atoms with Crippen LogP contribution in [0, 0.1) is 0 Å². The van der Waals surface area contributed by atoms with E-state index in [-0.39, 0.29) is 17.1 Å². The van der Waals surface area contributed by atoms with Crippen molar-refractivity contribution in [3.63, 3.8) is 0 Å². The highest BCUT2D eigenvalue weighted by Gasteiger charge is 2.22. The molecule has 7 heteroatoms. The number of nitrogens with one attached hydrogen (secondary N) is 1. The minimum Gasteiger partial charge on any atom is -0.397 e. The van der Waals surface area contributed by atoms with Gasteiger partial charge in [0, 0.05) is 6.54 Å². The van der Waals surface area contributed by atoms with Crippen LogP contribution in [0.15, 0.2) is 23.1 Å². The summed E-state index contributed by atoms with van der Waals surface area (Å²) >= 11 is 5.72. The highest BCUT2D eigenvalue weighted by atomic mass is 35.5. The van der Waals surface area contributed by atoms with Gasteiger partial charge in [-0.25, -0.2) is 13.1 Å². The van der Waals surface area contributed by atoms with Crippen molar-refractivity contribution in [1.82, 2.24) is 4.72 Å². The Morgan fingerprint density at radius 2 is 2.11 bits per heavy atom. The molecule has 0 aliphatic rings. The van der Waals surface area contributed by atoms with Crippen molar-refractivity contribution in [2.75, 3.05) is 12.3 Å². The number of aliphatic hydroxyl groups is 1. The molecule has 0 amide bonds. The van der Waals surface area contributed by atoms with Crippen LogP contribution in [0.4, 0.5) is 5.69 Å². The Morgan fingerprint density at radius 1 is 1.50 bits per heavy atom. The van der Waals surface area contributed by atoms with E-state index in [4.69, 9.17) is 17.3 Å². The van der Waals surface area contributed by atoms with E-state index in [1.54, 1.807) is 13.8 Å². The van der Waals surface area contributed by atoms with Gasteiger partial charge in [0.2, 0.25) is 10.0 Å². The van der Waals surface area contributed by atoms with Crippen molar-refractivity contribution < 1.29 is 13.5 Å².